The van der Waals surface area contributed by atoms with E-state index in [2.05, 4.69) is 4.98 Å². The van der Waals surface area contributed by atoms with Crippen LogP contribution in [0.5, 0.6) is 5.75 Å². The molecular weight excluding hydrogens is 368 g/mol. The highest BCUT2D eigenvalue weighted by molar-refractivity contribution is 6.31. The number of carbonyl (C=O) groups excluding carboxylic acids is 2. The monoisotopic (exact) mass is 386 g/mol. The summed E-state index contributed by atoms with van der Waals surface area (Å²) in [5, 5.41) is 21.1. The van der Waals surface area contributed by atoms with Crippen LogP contribution in [0.2, 0.25) is 5.02 Å². The Morgan fingerprint density at radius 3 is 2.52 bits per heavy atom. The maximum atomic E-state index is 12.8. The predicted molar refractivity (Wildman–Crippen MR) is 102 cm³/mol. The Hall–Kier alpha value is -2.86. The molecule has 0 aliphatic carbocycles. The number of hydrogen-bond acceptors (Lipinski definition) is 5. The largest absolute Gasteiger partial charge is 0.506 e. The molecule has 27 heavy (non-hydrogen) atoms. The van der Waals surface area contributed by atoms with E-state index >= 15 is 0 Å². The number of rotatable bonds is 5. The second kappa shape index (κ2) is 7.40. The van der Waals surface area contributed by atoms with Crippen molar-refractivity contribution in [2.75, 3.05) is 4.90 Å². The number of Topliss-reactive ketones (excluding diaryl/α,β-unsaturated/α-hetero) is 1. The minimum atomic E-state index is -0.879. The molecule has 0 bridgehead atoms. The van der Waals surface area contributed by atoms with E-state index in [1.54, 1.807) is 12.1 Å². The summed E-state index contributed by atoms with van der Waals surface area (Å²) in [4.78, 5) is 30.8. The summed E-state index contributed by atoms with van der Waals surface area (Å²) in [7, 11) is 0. The molecule has 140 valence electrons. The number of phenols is 1. The zero-order valence-corrected chi connectivity index (χ0v) is 15.6. The molecule has 3 rings (SSSR count). The number of aromatic hydroxyl groups is 1. The molecule has 0 saturated heterocycles. The zero-order valence-electron chi connectivity index (χ0n) is 14.9. The number of pyridine rings is 1. The minimum Gasteiger partial charge on any atom is -0.506 e. The van der Waals surface area contributed by atoms with Gasteiger partial charge in [-0.25, -0.2) is 0 Å². The Kier molecular flexibility index (Phi) is 5.19. The number of ketones is 1. The Morgan fingerprint density at radius 2 is 1.89 bits per heavy atom. The van der Waals surface area contributed by atoms with Crippen molar-refractivity contribution in [1.82, 2.24) is 4.98 Å². The molecule has 6 nitrogen and oxygen atoms in total. The van der Waals surface area contributed by atoms with Crippen molar-refractivity contribution in [3.63, 3.8) is 0 Å². The second-order valence-electron chi connectivity index (χ2n) is 6.77. The van der Waals surface area contributed by atoms with Crippen LogP contribution in [-0.2, 0) is 9.59 Å². The molecule has 0 saturated carbocycles. The van der Waals surface area contributed by atoms with Crippen molar-refractivity contribution in [2.45, 2.75) is 26.3 Å². The molecule has 0 spiro atoms. The van der Waals surface area contributed by atoms with E-state index in [-0.39, 0.29) is 35.1 Å². The molecule has 1 aliphatic heterocycles. The highest BCUT2D eigenvalue weighted by atomic mass is 35.5. The molecule has 2 aromatic rings. The summed E-state index contributed by atoms with van der Waals surface area (Å²) >= 11 is 6.04. The van der Waals surface area contributed by atoms with Crippen LogP contribution in [0, 0.1) is 5.92 Å². The van der Waals surface area contributed by atoms with Crippen LogP contribution >= 0.6 is 11.6 Å². The average Bonchev–Trinajstić information content (AvgIpc) is 2.89. The number of phenolic OH excluding ortho intramolecular Hbond substituents is 1. The van der Waals surface area contributed by atoms with Crippen molar-refractivity contribution >= 4 is 29.0 Å². The summed E-state index contributed by atoms with van der Waals surface area (Å²) < 4.78 is 0. The molecule has 2 heterocycles. The third-order valence-corrected chi connectivity index (χ3v) is 4.56. The van der Waals surface area contributed by atoms with Crippen LogP contribution in [0.15, 0.2) is 54.1 Å². The van der Waals surface area contributed by atoms with Crippen LogP contribution in [0.4, 0.5) is 5.69 Å². The number of aromatic nitrogens is 1. The summed E-state index contributed by atoms with van der Waals surface area (Å²) in [5.74, 6) is -1.82. The first kappa shape index (κ1) is 18.9. The van der Waals surface area contributed by atoms with Crippen molar-refractivity contribution in [2.24, 2.45) is 5.92 Å². The standard InChI is InChI=1S/C20H19ClN2O4/c1-11(2)9-16(25)17-18(12-5-7-22-8-6-12)23(20(27)19(17)26)14-10-13(21)3-4-15(14)24/h3-8,10-11,18,24,26H,9H2,1-2H3. The first-order valence-corrected chi connectivity index (χ1v) is 8.87. The third kappa shape index (κ3) is 3.53. The Morgan fingerprint density at radius 1 is 1.22 bits per heavy atom. The lowest BCUT2D eigenvalue weighted by molar-refractivity contribution is -0.118. The van der Waals surface area contributed by atoms with Gasteiger partial charge in [0.05, 0.1) is 17.3 Å². The lowest BCUT2D eigenvalue weighted by Gasteiger charge is -2.27. The molecule has 1 aromatic heterocycles. The van der Waals surface area contributed by atoms with E-state index in [0.29, 0.717) is 10.6 Å². The molecule has 0 fully saturated rings. The van der Waals surface area contributed by atoms with Crippen molar-refractivity contribution in [3.8, 4) is 5.75 Å². The van der Waals surface area contributed by atoms with Gasteiger partial charge in [-0.1, -0.05) is 25.4 Å². The van der Waals surface area contributed by atoms with Gasteiger partial charge in [-0.3, -0.25) is 19.5 Å². The van der Waals surface area contributed by atoms with E-state index in [4.69, 9.17) is 11.6 Å². The molecule has 1 aromatic carbocycles. The van der Waals surface area contributed by atoms with Gasteiger partial charge >= 0.3 is 0 Å². The number of nitrogens with zero attached hydrogens (tertiary/aromatic N) is 2. The first-order chi connectivity index (χ1) is 12.8. The van der Waals surface area contributed by atoms with E-state index < -0.39 is 17.7 Å². The second-order valence-corrected chi connectivity index (χ2v) is 7.21. The predicted octanol–water partition coefficient (Wildman–Crippen LogP) is 3.96. The Labute approximate surface area is 161 Å². The molecule has 1 unspecified atom stereocenters. The van der Waals surface area contributed by atoms with Crippen LogP contribution in [0.1, 0.15) is 31.9 Å². The lowest BCUT2D eigenvalue weighted by Crippen LogP contribution is -2.31. The van der Waals surface area contributed by atoms with Gasteiger partial charge in [0.15, 0.2) is 11.5 Å². The number of carbonyl (C=O) groups is 2. The van der Waals surface area contributed by atoms with Crippen molar-refractivity contribution in [3.05, 3.63) is 64.6 Å². The summed E-state index contributed by atoms with van der Waals surface area (Å²) in [6.07, 6.45) is 3.26. The van der Waals surface area contributed by atoms with Gasteiger partial charge in [0, 0.05) is 23.8 Å². The fourth-order valence-corrected chi connectivity index (χ4v) is 3.34. The van der Waals surface area contributed by atoms with Gasteiger partial charge in [-0.15, -0.1) is 0 Å². The highest BCUT2D eigenvalue weighted by Gasteiger charge is 2.45. The molecular formula is C20H19ClN2O4. The maximum Gasteiger partial charge on any atom is 0.294 e. The quantitative estimate of drug-likeness (QED) is 0.811. The van der Waals surface area contributed by atoms with Crippen LogP contribution < -0.4 is 4.90 Å². The molecule has 7 heteroatoms. The number of aliphatic hydroxyl groups is 1. The van der Waals surface area contributed by atoms with Crippen LogP contribution in [-0.4, -0.2) is 26.9 Å². The minimum absolute atomic E-state index is 0.0132. The third-order valence-electron chi connectivity index (χ3n) is 4.32. The number of anilines is 1. The van der Waals surface area contributed by atoms with Gasteiger partial charge < -0.3 is 10.2 Å². The summed E-state index contributed by atoms with van der Waals surface area (Å²) in [5.41, 5.74) is 0.723. The average molecular weight is 387 g/mol. The number of amides is 1. The van der Waals surface area contributed by atoms with E-state index in [1.165, 1.54) is 35.5 Å². The summed E-state index contributed by atoms with van der Waals surface area (Å²) in [6.45, 7) is 3.77. The molecule has 1 amide bonds. The van der Waals surface area contributed by atoms with Crippen molar-refractivity contribution in [1.29, 1.82) is 0 Å². The Balaban J connectivity index is 2.18. The van der Waals surface area contributed by atoms with Crippen LogP contribution in [0.3, 0.4) is 0 Å². The van der Waals surface area contributed by atoms with E-state index in [9.17, 15) is 19.8 Å². The Bertz CT molecular complexity index is 925. The number of halogens is 1. The smallest absolute Gasteiger partial charge is 0.294 e. The number of aliphatic hydroxyl groups excluding tert-OH is 1. The molecule has 1 aliphatic rings. The van der Waals surface area contributed by atoms with Gasteiger partial charge in [-0.2, -0.15) is 0 Å². The first-order valence-electron chi connectivity index (χ1n) is 8.49. The SMILES string of the molecule is CC(C)CC(=O)C1=C(O)C(=O)N(c2cc(Cl)ccc2O)C1c1ccncc1. The molecule has 0 radical (unpaired) electrons. The number of benzene rings is 1. The zero-order chi connectivity index (χ0) is 19.7. The van der Waals surface area contributed by atoms with Gasteiger partial charge in [-0.05, 0) is 41.8 Å². The van der Waals surface area contributed by atoms with E-state index in [1.807, 2.05) is 13.8 Å². The maximum absolute atomic E-state index is 12.8. The topological polar surface area (TPSA) is 90.7 Å². The lowest BCUT2D eigenvalue weighted by atomic mass is 9.92. The van der Waals surface area contributed by atoms with Gasteiger partial charge in [0.1, 0.15) is 5.75 Å². The normalized spacial score (nSPS) is 17.1. The van der Waals surface area contributed by atoms with Crippen LogP contribution in [0.25, 0.3) is 0 Å². The van der Waals surface area contributed by atoms with Gasteiger partial charge in [0.25, 0.3) is 5.91 Å². The highest BCUT2D eigenvalue weighted by Crippen LogP contribution is 2.44. The van der Waals surface area contributed by atoms with Gasteiger partial charge in [0.2, 0.25) is 0 Å². The molecule has 1 atom stereocenters. The van der Waals surface area contributed by atoms with E-state index in [0.717, 1.165) is 0 Å². The fourth-order valence-electron chi connectivity index (χ4n) is 3.17. The van der Waals surface area contributed by atoms with Crippen molar-refractivity contribution < 1.29 is 19.8 Å². The fraction of sp³-hybridized carbons (Fsp3) is 0.250. The number of hydrogen-bond donors (Lipinski definition) is 2. The molecule has 2 N–H and O–H groups in total. The summed E-state index contributed by atoms with van der Waals surface area (Å²) in [6, 6.07) is 6.71.